The first-order valence-corrected chi connectivity index (χ1v) is 9.46. The Kier molecular flexibility index (Phi) is 11.1. The van der Waals surface area contributed by atoms with Gasteiger partial charge in [-0.1, -0.05) is 70.4 Å². The van der Waals surface area contributed by atoms with Gasteiger partial charge in [-0.15, -0.1) is 0 Å². The average Bonchev–Trinajstić information content (AvgIpc) is 2.97. The van der Waals surface area contributed by atoms with Crippen molar-refractivity contribution in [1.29, 1.82) is 0 Å². The van der Waals surface area contributed by atoms with E-state index in [0.717, 1.165) is 19.5 Å². The van der Waals surface area contributed by atoms with Crippen LogP contribution in [0.25, 0.3) is 0 Å². The molecule has 1 unspecified atom stereocenters. The van der Waals surface area contributed by atoms with Crippen molar-refractivity contribution in [3.05, 3.63) is 12.2 Å². The van der Waals surface area contributed by atoms with Gasteiger partial charge in [0, 0.05) is 13.0 Å². The fraction of sp³-hybridized carbons (Fsp3) is 0.842. The summed E-state index contributed by atoms with van der Waals surface area (Å²) in [4.78, 5) is 6.75. The number of aliphatic imine (C=N–C) groups is 1. The van der Waals surface area contributed by atoms with Gasteiger partial charge in [0.25, 0.3) is 0 Å². The van der Waals surface area contributed by atoms with E-state index in [1.165, 1.54) is 70.0 Å². The Hall–Kier alpha value is -0.830. The molecule has 0 aromatic heterocycles. The predicted molar refractivity (Wildman–Crippen MR) is 98.3 cm³/mol. The van der Waals surface area contributed by atoms with E-state index in [-0.39, 0.29) is 6.17 Å². The van der Waals surface area contributed by atoms with E-state index in [4.69, 9.17) is 5.73 Å². The van der Waals surface area contributed by atoms with E-state index in [2.05, 4.69) is 29.0 Å². The van der Waals surface area contributed by atoms with Crippen LogP contribution in [0, 0.1) is 0 Å². The summed E-state index contributed by atoms with van der Waals surface area (Å²) in [5, 5.41) is 0. The number of unbranched alkanes of at least 4 members (excludes halogenated alkanes) is 9. The van der Waals surface area contributed by atoms with Gasteiger partial charge in [-0.25, -0.2) is 0 Å². The predicted octanol–water partition coefficient (Wildman–Crippen LogP) is 4.87. The second-order valence-corrected chi connectivity index (χ2v) is 6.52. The summed E-state index contributed by atoms with van der Waals surface area (Å²) in [6, 6.07) is 0. The number of hydrogen-bond acceptors (Lipinski definition) is 3. The zero-order chi connectivity index (χ0) is 16.0. The Morgan fingerprint density at radius 3 is 2.32 bits per heavy atom. The van der Waals surface area contributed by atoms with E-state index in [1.54, 1.807) is 0 Å². The van der Waals surface area contributed by atoms with Gasteiger partial charge in [0.2, 0.25) is 0 Å². The van der Waals surface area contributed by atoms with Gasteiger partial charge < -0.3 is 10.6 Å². The number of nitrogens with two attached hydrogens (primary N) is 1. The molecule has 1 heterocycles. The first kappa shape index (κ1) is 19.2. The molecule has 1 atom stereocenters. The lowest BCUT2D eigenvalue weighted by Gasteiger charge is -2.23. The maximum absolute atomic E-state index is 5.95. The number of amidine groups is 1. The van der Waals surface area contributed by atoms with Crippen LogP contribution in [-0.2, 0) is 0 Å². The lowest BCUT2D eigenvalue weighted by atomic mass is 10.1. The highest BCUT2D eigenvalue weighted by atomic mass is 15.3. The summed E-state index contributed by atoms with van der Waals surface area (Å²) < 4.78 is 0. The van der Waals surface area contributed by atoms with E-state index >= 15 is 0 Å². The molecule has 1 aliphatic heterocycles. The van der Waals surface area contributed by atoms with Crippen molar-refractivity contribution in [3.63, 3.8) is 0 Å². The first-order chi connectivity index (χ1) is 10.8. The minimum Gasteiger partial charge on any atom is -0.343 e. The highest BCUT2D eigenvalue weighted by Crippen LogP contribution is 2.11. The van der Waals surface area contributed by atoms with Gasteiger partial charge in [-0.3, -0.25) is 4.99 Å². The van der Waals surface area contributed by atoms with Gasteiger partial charge in [0.05, 0.1) is 12.7 Å². The Labute approximate surface area is 138 Å². The Bertz CT molecular complexity index is 321. The third kappa shape index (κ3) is 8.57. The van der Waals surface area contributed by atoms with Crippen LogP contribution in [0.15, 0.2) is 17.1 Å². The highest BCUT2D eigenvalue weighted by molar-refractivity contribution is 5.85. The van der Waals surface area contributed by atoms with Crippen molar-refractivity contribution < 1.29 is 0 Å². The van der Waals surface area contributed by atoms with Crippen molar-refractivity contribution in [2.75, 3.05) is 13.1 Å². The van der Waals surface area contributed by atoms with Gasteiger partial charge in [0.1, 0.15) is 5.84 Å². The summed E-state index contributed by atoms with van der Waals surface area (Å²) in [6.45, 7) is 6.20. The third-order valence-electron chi connectivity index (χ3n) is 4.40. The Morgan fingerprint density at radius 1 is 1.05 bits per heavy atom. The lowest BCUT2D eigenvalue weighted by Crippen LogP contribution is -2.41. The number of hydrogen-bond donors (Lipinski definition) is 1. The molecule has 0 bridgehead atoms. The van der Waals surface area contributed by atoms with E-state index in [0.29, 0.717) is 0 Å². The van der Waals surface area contributed by atoms with Gasteiger partial charge >= 0.3 is 0 Å². The molecule has 128 valence electrons. The van der Waals surface area contributed by atoms with Gasteiger partial charge in [-0.05, 0) is 19.8 Å². The van der Waals surface area contributed by atoms with E-state index in [1.807, 2.05) is 6.92 Å². The average molecular weight is 308 g/mol. The molecular weight excluding hydrogens is 270 g/mol. The van der Waals surface area contributed by atoms with Crippen molar-refractivity contribution in [2.45, 2.75) is 90.6 Å². The SMILES string of the molecule is CCCCCCCCCCC/C=C/CC1=NCCN1C(C)N. The molecule has 0 radical (unpaired) electrons. The summed E-state index contributed by atoms with van der Waals surface area (Å²) in [7, 11) is 0. The molecule has 0 aromatic carbocycles. The minimum absolute atomic E-state index is 0.0898. The molecule has 0 saturated carbocycles. The number of rotatable bonds is 13. The maximum Gasteiger partial charge on any atom is 0.104 e. The summed E-state index contributed by atoms with van der Waals surface area (Å²) in [5.41, 5.74) is 5.95. The van der Waals surface area contributed by atoms with Crippen LogP contribution in [0.4, 0.5) is 0 Å². The van der Waals surface area contributed by atoms with Crippen molar-refractivity contribution >= 4 is 5.84 Å². The molecular formula is C19H37N3. The molecule has 1 rings (SSSR count). The van der Waals surface area contributed by atoms with Gasteiger partial charge in [0.15, 0.2) is 0 Å². The topological polar surface area (TPSA) is 41.6 Å². The summed E-state index contributed by atoms with van der Waals surface area (Å²) in [5.74, 6) is 1.17. The van der Waals surface area contributed by atoms with Crippen LogP contribution >= 0.6 is 0 Å². The standard InChI is InChI=1S/C19H37N3/c1-3-4-5-6-7-8-9-10-11-12-13-14-15-19-21-16-17-22(19)18(2)20/h13-14,18H,3-12,15-17,20H2,1-2H3/b14-13+. The summed E-state index contributed by atoms with van der Waals surface area (Å²) in [6.07, 6.45) is 19.4. The Balaban J connectivity index is 1.92. The molecule has 22 heavy (non-hydrogen) atoms. The van der Waals surface area contributed by atoms with E-state index in [9.17, 15) is 0 Å². The van der Waals surface area contributed by atoms with Crippen molar-refractivity contribution in [1.82, 2.24) is 4.90 Å². The lowest BCUT2D eigenvalue weighted by molar-refractivity contribution is 0.362. The second-order valence-electron chi connectivity index (χ2n) is 6.52. The molecule has 0 amide bonds. The fourth-order valence-corrected chi connectivity index (χ4v) is 3.01. The van der Waals surface area contributed by atoms with Crippen molar-refractivity contribution in [2.24, 2.45) is 10.7 Å². The molecule has 0 saturated heterocycles. The second kappa shape index (κ2) is 12.7. The molecule has 0 aromatic rings. The monoisotopic (exact) mass is 307 g/mol. The van der Waals surface area contributed by atoms with E-state index < -0.39 is 0 Å². The minimum atomic E-state index is 0.0898. The number of nitrogens with zero attached hydrogens (tertiary/aromatic N) is 2. The van der Waals surface area contributed by atoms with Crippen LogP contribution in [0.1, 0.15) is 84.5 Å². The van der Waals surface area contributed by atoms with Crippen LogP contribution in [0.2, 0.25) is 0 Å². The summed E-state index contributed by atoms with van der Waals surface area (Å²) >= 11 is 0. The van der Waals surface area contributed by atoms with Crippen LogP contribution in [-0.4, -0.2) is 30.0 Å². The van der Waals surface area contributed by atoms with Crippen LogP contribution < -0.4 is 5.73 Å². The highest BCUT2D eigenvalue weighted by Gasteiger charge is 2.17. The molecule has 0 fully saturated rings. The fourth-order valence-electron chi connectivity index (χ4n) is 3.01. The number of allylic oxidation sites excluding steroid dienone is 1. The molecule has 2 N–H and O–H groups in total. The molecule has 0 aliphatic carbocycles. The normalized spacial score (nSPS) is 16.5. The third-order valence-corrected chi connectivity index (χ3v) is 4.40. The Morgan fingerprint density at radius 2 is 1.68 bits per heavy atom. The maximum atomic E-state index is 5.95. The quantitative estimate of drug-likeness (QED) is 0.389. The van der Waals surface area contributed by atoms with Crippen molar-refractivity contribution in [3.8, 4) is 0 Å². The zero-order valence-electron chi connectivity index (χ0n) is 14.9. The largest absolute Gasteiger partial charge is 0.343 e. The molecule has 0 spiro atoms. The van der Waals surface area contributed by atoms with Crippen LogP contribution in [0.3, 0.4) is 0 Å². The first-order valence-electron chi connectivity index (χ1n) is 9.46. The smallest absolute Gasteiger partial charge is 0.104 e. The molecule has 1 aliphatic rings. The van der Waals surface area contributed by atoms with Gasteiger partial charge in [-0.2, -0.15) is 0 Å². The van der Waals surface area contributed by atoms with Crippen LogP contribution in [0.5, 0.6) is 0 Å². The molecule has 3 heteroatoms. The molecule has 3 nitrogen and oxygen atoms in total. The zero-order valence-corrected chi connectivity index (χ0v) is 14.9.